The van der Waals surface area contributed by atoms with Crippen molar-refractivity contribution in [3.8, 4) is 23.0 Å². The van der Waals surface area contributed by atoms with E-state index in [4.69, 9.17) is 24.9 Å². The van der Waals surface area contributed by atoms with Crippen molar-refractivity contribution in [3.05, 3.63) is 22.9 Å². The van der Waals surface area contributed by atoms with Gasteiger partial charge in [0, 0.05) is 29.0 Å². The molecule has 10 nitrogen and oxygen atoms in total. The number of imidazole rings is 1. The number of amides is 1. The van der Waals surface area contributed by atoms with E-state index in [2.05, 4.69) is 25.9 Å². The molecule has 0 saturated carbocycles. The van der Waals surface area contributed by atoms with E-state index in [0.29, 0.717) is 53.0 Å². The number of piperidine rings is 1. The van der Waals surface area contributed by atoms with Gasteiger partial charge in [0.25, 0.3) is 0 Å². The molecule has 1 fully saturated rings. The third-order valence-corrected chi connectivity index (χ3v) is 7.89. The molecule has 1 amide bonds. The minimum Gasteiger partial charge on any atom is -0.454 e. The predicted molar refractivity (Wildman–Crippen MR) is 138 cm³/mol. The molecule has 192 valence electrons. The largest absolute Gasteiger partial charge is 0.454 e. The number of carbonyl (C=O) groups is 1. The molecule has 0 aromatic heterocycles. The van der Waals surface area contributed by atoms with Crippen molar-refractivity contribution in [1.29, 1.82) is 0 Å². The molecule has 0 bridgehead atoms. The van der Waals surface area contributed by atoms with Gasteiger partial charge in [-0.3, -0.25) is 0 Å². The Hall–Kier alpha value is -2.73. The number of carbonyl (C=O) groups excluding carboxylic acids is 1. The number of ether oxygens (including phenoxy) is 3. The lowest BCUT2D eigenvalue weighted by Crippen LogP contribution is -2.43. The molecular weight excluding hydrogens is 548 g/mol. The molecule has 4 aliphatic rings. The number of nitrogens with zero attached hydrogens (tertiary/aromatic N) is 5. The second-order valence-electron chi connectivity index (χ2n) is 9.96. The van der Waals surface area contributed by atoms with E-state index in [0.717, 1.165) is 35.2 Å². The quantitative estimate of drug-likeness (QED) is 0.445. The van der Waals surface area contributed by atoms with Crippen molar-refractivity contribution in [1.82, 2.24) is 24.4 Å². The number of anilines is 1. The number of rotatable bonds is 5. The molecule has 0 aliphatic carbocycles. The van der Waals surface area contributed by atoms with Crippen LogP contribution >= 0.6 is 27.7 Å². The third kappa shape index (κ3) is 5.49. The summed E-state index contributed by atoms with van der Waals surface area (Å²) in [6, 6.07) is 3.79. The first-order chi connectivity index (χ1) is 17.2. The second-order valence-corrected chi connectivity index (χ2v) is 11.8. The number of aryl methyl sites for hydroxylation is 1. The fourth-order valence-corrected chi connectivity index (χ4v) is 5.69. The number of fused-ring (bicyclic) bond motifs is 2. The van der Waals surface area contributed by atoms with Crippen LogP contribution < -0.4 is 15.2 Å². The molecule has 0 radical (unpaired) electrons. The zero-order chi connectivity index (χ0) is 25.4. The van der Waals surface area contributed by atoms with Gasteiger partial charge in [-0.25, -0.2) is 19.7 Å². The number of hydrogen-bond acceptors (Lipinski definition) is 9. The van der Waals surface area contributed by atoms with Gasteiger partial charge in [0.2, 0.25) is 6.79 Å². The summed E-state index contributed by atoms with van der Waals surface area (Å²) in [5.74, 6) is 2.81. The monoisotopic (exact) mass is 576 g/mol. The van der Waals surface area contributed by atoms with Crippen LogP contribution in [0.3, 0.4) is 0 Å². The van der Waals surface area contributed by atoms with Crippen LogP contribution in [-0.2, 0) is 11.3 Å². The molecule has 4 heterocycles. The molecule has 4 aliphatic heterocycles. The maximum absolute atomic E-state index is 12.5. The summed E-state index contributed by atoms with van der Waals surface area (Å²) in [7, 11) is 0. The van der Waals surface area contributed by atoms with Gasteiger partial charge in [0.05, 0.1) is 6.33 Å². The highest BCUT2D eigenvalue weighted by atomic mass is 79.9. The minimum atomic E-state index is -0.497. The molecule has 12 heteroatoms. The summed E-state index contributed by atoms with van der Waals surface area (Å²) >= 11 is 5.01. The average Bonchev–Trinajstić information content (AvgIpc) is 3.45. The SMILES string of the molecule is CC(C)(C)OC(=O)N1CCCC(CCn2cnc(N)c3nc(Sc4cc5c(cc4Br)OCO5)nc2-3)C1. The fraction of sp³-hybridized carbons (Fsp3) is 0.500. The number of aromatic nitrogens is 4. The Kier molecular flexibility index (Phi) is 6.90. The normalized spacial score (nSPS) is 17.6. The minimum absolute atomic E-state index is 0.214. The number of hydrogen-bond donors (Lipinski definition) is 1. The van der Waals surface area contributed by atoms with Crippen LogP contribution in [0.4, 0.5) is 10.6 Å². The van der Waals surface area contributed by atoms with Crippen LogP contribution in [0, 0.1) is 5.92 Å². The first-order valence-corrected chi connectivity index (χ1v) is 13.5. The van der Waals surface area contributed by atoms with Gasteiger partial charge in [-0.2, -0.15) is 0 Å². The van der Waals surface area contributed by atoms with E-state index in [1.165, 1.54) is 11.8 Å². The molecule has 1 saturated heterocycles. The van der Waals surface area contributed by atoms with Gasteiger partial charge < -0.3 is 29.4 Å². The van der Waals surface area contributed by atoms with E-state index < -0.39 is 5.60 Å². The molecule has 36 heavy (non-hydrogen) atoms. The summed E-state index contributed by atoms with van der Waals surface area (Å²) in [5, 5.41) is 0.576. The van der Waals surface area contributed by atoms with Crippen molar-refractivity contribution in [3.63, 3.8) is 0 Å². The lowest BCUT2D eigenvalue weighted by atomic mass is 9.95. The summed E-state index contributed by atoms with van der Waals surface area (Å²) < 4.78 is 19.4. The molecule has 5 rings (SSSR count). The van der Waals surface area contributed by atoms with Crippen molar-refractivity contribution in [2.75, 3.05) is 25.6 Å². The maximum atomic E-state index is 12.5. The van der Waals surface area contributed by atoms with E-state index in [-0.39, 0.29) is 12.9 Å². The lowest BCUT2D eigenvalue weighted by molar-refractivity contribution is 0.0159. The van der Waals surface area contributed by atoms with Crippen LogP contribution in [-0.4, -0.2) is 56.0 Å². The van der Waals surface area contributed by atoms with Gasteiger partial charge >= 0.3 is 6.09 Å². The first kappa shape index (κ1) is 24.9. The van der Waals surface area contributed by atoms with E-state index in [1.54, 1.807) is 6.33 Å². The van der Waals surface area contributed by atoms with E-state index >= 15 is 0 Å². The zero-order valence-electron chi connectivity index (χ0n) is 20.5. The predicted octanol–water partition coefficient (Wildman–Crippen LogP) is 5.04. The molecule has 0 spiro atoms. The van der Waals surface area contributed by atoms with Crippen molar-refractivity contribution < 1.29 is 19.0 Å². The number of benzene rings is 1. The summed E-state index contributed by atoms with van der Waals surface area (Å²) in [6.45, 7) is 8.00. The molecule has 1 unspecified atom stereocenters. The Morgan fingerprint density at radius 1 is 1.28 bits per heavy atom. The third-order valence-electron chi connectivity index (χ3n) is 6.05. The van der Waals surface area contributed by atoms with Crippen LogP contribution in [0.25, 0.3) is 11.5 Å². The molecule has 1 atom stereocenters. The van der Waals surface area contributed by atoms with Crippen LogP contribution in [0.2, 0.25) is 0 Å². The van der Waals surface area contributed by atoms with E-state index in [1.807, 2.05) is 42.4 Å². The van der Waals surface area contributed by atoms with Gasteiger partial charge in [-0.15, -0.1) is 0 Å². The van der Waals surface area contributed by atoms with Crippen LogP contribution in [0.5, 0.6) is 11.5 Å². The smallest absolute Gasteiger partial charge is 0.410 e. The van der Waals surface area contributed by atoms with Gasteiger partial charge in [-0.05, 0) is 85.8 Å². The van der Waals surface area contributed by atoms with Gasteiger partial charge in [-0.1, -0.05) is 0 Å². The Bertz CT molecular complexity index is 1250. The van der Waals surface area contributed by atoms with Crippen molar-refractivity contribution >= 4 is 39.6 Å². The topological polar surface area (TPSA) is 118 Å². The van der Waals surface area contributed by atoms with E-state index in [9.17, 15) is 4.79 Å². The number of nitrogens with two attached hydrogens (primary N) is 1. The summed E-state index contributed by atoms with van der Waals surface area (Å²) in [4.78, 5) is 29.0. The Balaban J connectivity index is 1.28. The Morgan fingerprint density at radius 3 is 2.83 bits per heavy atom. The van der Waals surface area contributed by atoms with Crippen molar-refractivity contribution in [2.45, 2.75) is 62.2 Å². The average molecular weight is 578 g/mol. The van der Waals surface area contributed by atoms with Crippen molar-refractivity contribution in [2.24, 2.45) is 5.92 Å². The fourth-order valence-electron chi connectivity index (χ4n) is 4.33. The second kappa shape index (κ2) is 9.97. The standard InChI is InChI=1S/C24H29BrN6O4S/c1-24(2,3)35-23(32)30-7-4-5-14(11-30)6-8-31-12-27-20(26)19-21(31)29-22(28-19)36-18-10-17-16(9-15(18)25)33-13-34-17/h9-10,12,14H,4-8,11,13,26H2,1-3H3. The maximum Gasteiger partial charge on any atom is 0.410 e. The van der Waals surface area contributed by atoms with Crippen LogP contribution in [0.1, 0.15) is 40.0 Å². The summed E-state index contributed by atoms with van der Waals surface area (Å²) in [5.41, 5.74) is 6.22. The molecule has 2 N–H and O–H groups in total. The molecule has 1 aromatic carbocycles. The zero-order valence-corrected chi connectivity index (χ0v) is 22.9. The Labute approximate surface area is 222 Å². The number of nitrogen functional groups attached to an aromatic ring is 1. The summed E-state index contributed by atoms with van der Waals surface area (Å²) in [6.07, 6.45) is 4.39. The number of likely N-dealkylation sites (tertiary alicyclic amines) is 1. The van der Waals surface area contributed by atoms with Gasteiger partial charge in [0.1, 0.15) is 5.60 Å². The highest BCUT2D eigenvalue weighted by Gasteiger charge is 2.28. The highest BCUT2D eigenvalue weighted by molar-refractivity contribution is 9.10. The van der Waals surface area contributed by atoms with Crippen LogP contribution in [0.15, 0.2) is 33.0 Å². The number of halogens is 1. The molecule has 1 aromatic rings. The molecular formula is C24H29BrN6O4S. The van der Waals surface area contributed by atoms with Gasteiger partial charge in [0.15, 0.2) is 34.0 Å². The lowest BCUT2D eigenvalue weighted by Gasteiger charge is -2.34. The Morgan fingerprint density at radius 2 is 2.06 bits per heavy atom. The highest BCUT2D eigenvalue weighted by Crippen LogP contribution is 2.43. The first-order valence-electron chi connectivity index (χ1n) is 11.9.